The lowest BCUT2D eigenvalue weighted by Gasteiger charge is -1.99. The molecule has 3 nitrogen and oxygen atoms in total. The monoisotopic (exact) mass is 274 g/mol. The Morgan fingerprint density at radius 2 is 2.31 bits per heavy atom. The van der Waals surface area contributed by atoms with Crippen LogP contribution < -0.4 is 0 Å². The van der Waals surface area contributed by atoms with Crippen molar-refractivity contribution in [2.75, 3.05) is 0 Å². The molecule has 0 unspecified atom stereocenters. The maximum absolute atomic E-state index is 11.9. The molecular weight excluding hydrogens is 267 g/mol. The van der Waals surface area contributed by atoms with Crippen molar-refractivity contribution in [2.24, 2.45) is 0 Å². The number of aromatic nitrogens is 2. The Balaban J connectivity index is 2.17. The summed E-state index contributed by atoms with van der Waals surface area (Å²) in [6.07, 6.45) is 3.51. The SMILES string of the molecule is Cc1cnn(CC(=O)c2cc(Cl)sc2Cl)c1. The number of Topliss-reactive ketones (excluding diaryl/α,β-unsaturated/α-hetero) is 1. The normalized spacial score (nSPS) is 10.7. The molecule has 84 valence electrons. The quantitative estimate of drug-likeness (QED) is 0.804. The zero-order valence-corrected chi connectivity index (χ0v) is 10.7. The van der Waals surface area contributed by atoms with E-state index in [2.05, 4.69) is 5.10 Å². The van der Waals surface area contributed by atoms with Gasteiger partial charge in [0.2, 0.25) is 0 Å². The van der Waals surface area contributed by atoms with Crippen LogP contribution in [0.1, 0.15) is 15.9 Å². The van der Waals surface area contributed by atoms with Gasteiger partial charge in [-0.2, -0.15) is 5.10 Å². The number of nitrogens with zero attached hydrogens (tertiary/aromatic N) is 2. The molecule has 2 heterocycles. The highest BCUT2D eigenvalue weighted by atomic mass is 35.5. The molecule has 0 aliphatic rings. The number of carbonyl (C=O) groups excluding carboxylic acids is 1. The molecule has 0 bridgehead atoms. The van der Waals surface area contributed by atoms with Crippen LogP contribution in [0.4, 0.5) is 0 Å². The zero-order valence-electron chi connectivity index (χ0n) is 8.41. The molecule has 0 saturated carbocycles. The molecule has 2 aromatic heterocycles. The van der Waals surface area contributed by atoms with Gasteiger partial charge in [-0.25, -0.2) is 0 Å². The fourth-order valence-electron chi connectivity index (χ4n) is 1.32. The van der Waals surface area contributed by atoms with Gasteiger partial charge in [-0.15, -0.1) is 11.3 Å². The largest absolute Gasteiger partial charge is 0.292 e. The minimum Gasteiger partial charge on any atom is -0.292 e. The summed E-state index contributed by atoms with van der Waals surface area (Å²) in [4.78, 5) is 11.9. The van der Waals surface area contributed by atoms with E-state index in [0.717, 1.165) is 5.56 Å². The summed E-state index contributed by atoms with van der Waals surface area (Å²) in [6, 6.07) is 1.59. The van der Waals surface area contributed by atoms with Crippen LogP contribution in [-0.4, -0.2) is 15.6 Å². The summed E-state index contributed by atoms with van der Waals surface area (Å²) in [5.74, 6) is -0.0868. The van der Waals surface area contributed by atoms with Crippen LogP contribution in [0, 0.1) is 6.92 Å². The average molecular weight is 275 g/mol. The van der Waals surface area contributed by atoms with Gasteiger partial charge in [0.15, 0.2) is 5.78 Å². The first kappa shape index (κ1) is 11.6. The van der Waals surface area contributed by atoms with Crippen molar-refractivity contribution in [3.05, 3.63) is 38.3 Å². The van der Waals surface area contributed by atoms with Crippen molar-refractivity contribution < 1.29 is 4.79 Å². The average Bonchev–Trinajstić information content (AvgIpc) is 2.73. The molecule has 2 rings (SSSR count). The highest BCUT2D eigenvalue weighted by molar-refractivity contribution is 7.20. The molecule has 16 heavy (non-hydrogen) atoms. The topological polar surface area (TPSA) is 34.9 Å². The molecule has 0 radical (unpaired) electrons. The molecule has 0 saturated heterocycles. The number of ketones is 1. The number of carbonyl (C=O) groups is 1. The van der Waals surface area contributed by atoms with Crippen LogP contribution in [-0.2, 0) is 6.54 Å². The number of hydrogen-bond donors (Lipinski definition) is 0. The number of aryl methyl sites for hydroxylation is 1. The molecule has 0 aliphatic heterocycles. The number of halogens is 2. The first-order valence-electron chi connectivity index (χ1n) is 4.53. The van der Waals surface area contributed by atoms with E-state index >= 15 is 0 Å². The maximum atomic E-state index is 11.9. The Kier molecular flexibility index (Phi) is 3.33. The van der Waals surface area contributed by atoms with E-state index in [1.165, 1.54) is 11.3 Å². The Hall–Kier alpha value is -0.840. The maximum Gasteiger partial charge on any atom is 0.186 e. The van der Waals surface area contributed by atoms with Gasteiger partial charge in [0.25, 0.3) is 0 Å². The van der Waals surface area contributed by atoms with Crippen molar-refractivity contribution >= 4 is 40.3 Å². The van der Waals surface area contributed by atoms with E-state index in [1.807, 2.05) is 6.92 Å². The Bertz CT molecular complexity index is 533. The molecule has 0 atom stereocenters. The van der Waals surface area contributed by atoms with Gasteiger partial charge in [-0.3, -0.25) is 9.48 Å². The van der Waals surface area contributed by atoms with Crippen LogP contribution in [0.15, 0.2) is 18.5 Å². The summed E-state index contributed by atoms with van der Waals surface area (Å²) in [5.41, 5.74) is 1.48. The first-order valence-corrected chi connectivity index (χ1v) is 6.10. The number of rotatable bonds is 3. The second kappa shape index (κ2) is 4.57. The van der Waals surface area contributed by atoms with E-state index in [1.54, 1.807) is 23.1 Å². The van der Waals surface area contributed by atoms with Gasteiger partial charge >= 0.3 is 0 Å². The smallest absolute Gasteiger partial charge is 0.186 e. The van der Waals surface area contributed by atoms with E-state index in [-0.39, 0.29) is 12.3 Å². The van der Waals surface area contributed by atoms with Crippen molar-refractivity contribution in [1.82, 2.24) is 9.78 Å². The summed E-state index contributed by atoms with van der Waals surface area (Å²) in [6.45, 7) is 2.10. The summed E-state index contributed by atoms with van der Waals surface area (Å²) >= 11 is 12.9. The molecule has 0 spiro atoms. The Morgan fingerprint density at radius 1 is 1.56 bits per heavy atom. The molecule has 2 aromatic rings. The molecule has 0 fully saturated rings. The lowest BCUT2D eigenvalue weighted by atomic mass is 10.2. The van der Waals surface area contributed by atoms with Gasteiger partial charge in [-0.1, -0.05) is 23.2 Å². The van der Waals surface area contributed by atoms with Crippen LogP contribution in [0.2, 0.25) is 8.67 Å². The standard InChI is InChI=1S/C10H8Cl2N2OS/c1-6-3-13-14(4-6)5-8(15)7-2-9(11)16-10(7)12/h2-4H,5H2,1H3. The Morgan fingerprint density at radius 3 is 2.81 bits per heavy atom. The van der Waals surface area contributed by atoms with E-state index < -0.39 is 0 Å². The van der Waals surface area contributed by atoms with Gasteiger partial charge in [0, 0.05) is 6.20 Å². The predicted octanol–water partition coefficient (Wildman–Crippen LogP) is 3.44. The fraction of sp³-hybridized carbons (Fsp3) is 0.200. The third kappa shape index (κ3) is 2.45. The van der Waals surface area contributed by atoms with Gasteiger partial charge in [-0.05, 0) is 18.6 Å². The lowest BCUT2D eigenvalue weighted by Crippen LogP contribution is -2.10. The van der Waals surface area contributed by atoms with E-state index in [4.69, 9.17) is 23.2 Å². The Labute approximate surface area is 107 Å². The van der Waals surface area contributed by atoms with Crippen LogP contribution in [0.25, 0.3) is 0 Å². The predicted molar refractivity (Wildman–Crippen MR) is 65.6 cm³/mol. The molecular formula is C10H8Cl2N2OS. The highest BCUT2D eigenvalue weighted by Crippen LogP contribution is 2.31. The molecule has 6 heteroatoms. The van der Waals surface area contributed by atoms with Gasteiger partial charge in [0.1, 0.15) is 10.9 Å². The summed E-state index contributed by atoms with van der Waals surface area (Å²) in [7, 11) is 0. The minimum absolute atomic E-state index is 0.0868. The first-order chi connectivity index (χ1) is 7.56. The molecule has 0 N–H and O–H groups in total. The van der Waals surface area contributed by atoms with Crippen molar-refractivity contribution in [1.29, 1.82) is 0 Å². The molecule has 0 aromatic carbocycles. The second-order valence-electron chi connectivity index (χ2n) is 3.38. The van der Waals surface area contributed by atoms with Gasteiger partial charge in [0.05, 0.1) is 16.1 Å². The third-order valence-electron chi connectivity index (χ3n) is 2.03. The summed E-state index contributed by atoms with van der Waals surface area (Å²) < 4.78 is 2.53. The van der Waals surface area contributed by atoms with E-state index in [0.29, 0.717) is 14.2 Å². The van der Waals surface area contributed by atoms with E-state index in [9.17, 15) is 4.79 Å². The lowest BCUT2D eigenvalue weighted by molar-refractivity contribution is 0.0968. The minimum atomic E-state index is -0.0868. The van der Waals surface area contributed by atoms with Crippen LogP contribution >= 0.6 is 34.5 Å². The van der Waals surface area contributed by atoms with Crippen LogP contribution in [0.3, 0.4) is 0 Å². The third-order valence-corrected chi connectivity index (χ3v) is 3.51. The fourth-order valence-corrected chi connectivity index (χ4v) is 2.82. The van der Waals surface area contributed by atoms with Crippen molar-refractivity contribution in [2.45, 2.75) is 13.5 Å². The number of thiophene rings is 1. The summed E-state index contributed by atoms with van der Waals surface area (Å²) in [5, 5.41) is 4.04. The molecule has 0 amide bonds. The zero-order chi connectivity index (χ0) is 11.7. The number of hydrogen-bond acceptors (Lipinski definition) is 3. The van der Waals surface area contributed by atoms with Gasteiger partial charge < -0.3 is 0 Å². The molecule has 0 aliphatic carbocycles. The van der Waals surface area contributed by atoms with Crippen molar-refractivity contribution in [3.63, 3.8) is 0 Å². The van der Waals surface area contributed by atoms with Crippen LogP contribution in [0.5, 0.6) is 0 Å². The van der Waals surface area contributed by atoms with Crippen molar-refractivity contribution in [3.8, 4) is 0 Å². The second-order valence-corrected chi connectivity index (χ2v) is 5.66. The highest BCUT2D eigenvalue weighted by Gasteiger charge is 2.14.